The molecule has 0 fully saturated rings. The van der Waals surface area contributed by atoms with Crippen LogP contribution in [0, 0.1) is 22.4 Å². The summed E-state index contributed by atoms with van der Waals surface area (Å²) in [6.45, 7) is 2.27. The molecule has 21 heavy (non-hydrogen) atoms. The molecule has 2 aromatic carbocycles. The van der Waals surface area contributed by atoms with Gasteiger partial charge in [-0.05, 0) is 36.2 Å². The van der Waals surface area contributed by atoms with E-state index in [1.54, 1.807) is 18.2 Å². The van der Waals surface area contributed by atoms with Gasteiger partial charge in [0, 0.05) is 17.7 Å². The number of nitrogens with one attached hydrogen (secondary N) is 1. The number of hydrogen-bond donors (Lipinski definition) is 2. The lowest BCUT2D eigenvalue weighted by Crippen LogP contribution is -2.11. The molecule has 0 spiro atoms. The van der Waals surface area contributed by atoms with Crippen LogP contribution in [0.5, 0.6) is 5.75 Å². The Morgan fingerprint density at radius 1 is 1.29 bits per heavy atom. The Balaban J connectivity index is 2.06. The molecule has 0 radical (unpaired) electrons. The molecule has 0 saturated heterocycles. The molecule has 3 N–H and O–H groups in total. The van der Waals surface area contributed by atoms with Gasteiger partial charge in [0.25, 0.3) is 5.69 Å². The van der Waals surface area contributed by atoms with Crippen LogP contribution >= 0.6 is 0 Å². The van der Waals surface area contributed by atoms with Crippen molar-refractivity contribution < 1.29 is 9.66 Å². The number of non-ortho nitro benzene ring substituents is 1. The lowest BCUT2D eigenvalue weighted by atomic mass is 10.1. The van der Waals surface area contributed by atoms with E-state index in [0.717, 1.165) is 11.1 Å². The van der Waals surface area contributed by atoms with Crippen molar-refractivity contribution in [3.05, 3.63) is 69.3 Å². The van der Waals surface area contributed by atoms with Crippen molar-refractivity contribution in [1.82, 2.24) is 0 Å². The van der Waals surface area contributed by atoms with Crippen LogP contribution in [-0.4, -0.2) is 10.8 Å². The van der Waals surface area contributed by atoms with Crippen LogP contribution in [0.25, 0.3) is 0 Å². The number of ether oxygens (including phenoxy) is 1. The Hall–Kier alpha value is -2.89. The first-order valence-corrected chi connectivity index (χ1v) is 6.28. The first-order chi connectivity index (χ1) is 9.97. The average molecular weight is 285 g/mol. The summed E-state index contributed by atoms with van der Waals surface area (Å²) in [4.78, 5) is 10.1. The number of nitro benzene ring substituents is 1. The Bertz CT molecular complexity index is 681. The van der Waals surface area contributed by atoms with Crippen molar-refractivity contribution in [2.24, 2.45) is 5.73 Å². The predicted molar refractivity (Wildman–Crippen MR) is 79.6 cm³/mol. The minimum Gasteiger partial charge on any atom is -0.489 e. The lowest BCUT2D eigenvalue weighted by molar-refractivity contribution is -0.384. The number of nitrogen functional groups attached to an aromatic ring is 1. The van der Waals surface area contributed by atoms with Crippen LogP contribution in [0.15, 0.2) is 42.5 Å². The highest BCUT2D eigenvalue weighted by molar-refractivity contribution is 5.95. The van der Waals surface area contributed by atoms with Crippen molar-refractivity contribution in [1.29, 1.82) is 5.41 Å². The number of nitro groups is 1. The summed E-state index contributed by atoms with van der Waals surface area (Å²) in [5, 5.41) is 17.9. The Morgan fingerprint density at radius 3 is 2.48 bits per heavy atom. The fourth-order valence-electron chi connectivity index (χ4n) is 1.85. The number of hydrogen-bond acceptors (Lipinski definition) is 4. The van der Waals surface area contributed by atoms with Gasteiger partial charge in [0.1, 0.15) is 18.2 Å². The number of amidine groups is 1. The third-order valence-electron chi connectivity index (χ3n) is 3.10. The minimum absolute atomic E-state index is 0.0286. The summed E-state index contributed by atoms with van der Waals surface area (Å²) in [6.07, 6.45) is 0. The highest BCUT2D eigenvalue weighted by atomic mass is 16.6. The SMILES string of the molecule is Cc1cc(C(=N)N)ccc1COc1ccc([N+](=O)[O-])cc1. The zero-order valence-electron chi connectivity index (χ0n) is 11.5. The normalized spacial score (nSPS) is 10.1. The lowest BCUT2D eigenvalue weighted by Gasteiger charge is -2.10. The van der Waals surface area contributed by atoms with Crippen molar-refractivity contribution >= 4 is 11.5 Å². The second-order valence-corrected chi connectivity index (χ2v) is 4.59. The largest absolute Gasteiger partial charge is 0.489 e. The molecule has 0 aliphatic rings. The van der Waals surface area contributed by atoms with E-state index < -0.39 is 4.92 Å². The molecule has 108 valence electrons. The maximum Gasteiger partial charge on any atom is 0.269 e. The van der Waals surface area contributed by atoms with E-state index in [1.165, 1.54) is 12.1 Å². The van der Waals surface area contributed by atoms with Crippen molar-refractivity contribution in [3.63, 3.8) is 0 Å². The van der Waals surface area contributed by atoms with Gasteiger partial charge in [0.05, 0.1) is 4.92 Å². The highest BCUT2D eigenvalue weighted by Crippen LogP contribution is 2.19. The van der Waals surface area contributed by atoms with Crippen LogP contribution in [0.2, 0.25) is 0 Å². The van der Waals surface area contributed by atoms with Crippen LogP contribution in [0.4, 0.5) is 5.69 Å². The van der Waals surface area contributed by atoms with Crippen molar-refractivity contribution in [2.75, 3.05) is 0 Å². The predicted octanol–water partition coefficient (Wildman–Crippen LogP) is 2.77. The standard InChI is InChI=1S/C15H15N3O3/c1-10-8-11(15(16)17)2-3-12(10)9-21-14-6-4-13(5-7-14)18(19)20/h2-8H,9H2,1H3,(H3,16,17). The zero-order valence-corrected chi connectivity index (χ0v) is 11.5. The first-order valence-electron chi connectivity index (χ1n) is 6.28. The molecule has 0 bridgehead atoms. The zero-order chi connectivity index (χ0) is 15.4. The van der Waals surface area contributed by atoms with Gasteiger partial charge in [-0.2, -0.15) is 0 Å². The van der Waals surface area contributed by atoms with E-state index in [-0.39, 0.29) is 11.5 Å². The molecular formula is C15H15N3O3. The third kappa shape index (κ3) is 3.56. The number of nitrogens with two attached hydrogens (primary N) is 1. The van der Waals surface area contributed by atoms with Crippen LogP contribution < -0.4 is 10.5 Å². The molecule has 0 saturated carbocycles. The second-order valence-electron chi connectivity index (χ2n) is 4.59. The average Bonchev–Trinajstić information content (AvgIpc) is 2.46. The monoisotopic (exact) mass is 285 g/mol. The van der Waals surface area contributed by atoms with Crippen LogP contribution in [-0.2, 0) is 6.61 Å². The van der Waals surface area contributed by atoms with Crippen LogP contribution in [0.3, 0.4) is 0 Å². The summed E-state index contributed by atoms with van der Waals surface area (Å²) in [7, 11) is 0. The molecule has 6 nitrogen and oxygen atoms in total. The molecule has 0 amide bonds. The quantitative estimate of drug-likeness (QED) is 0.381. The maximum absolute atomic E-state index is 10.6. The number of benzene rings is 2. The number of rotatable bonds is 5. The summed E-state index contributed by atoms with van der Waals surface area (Å²) in [6, 6.07) is 11.4. The fourth-order valence-corrected chi connectivity index (χ4v) is 1.85. The molecular weight excluding hydrogens is 270 g/mol. The first kappa shape index (κ1) is 14.5. The van der Waals surface area contributed by atoms with Gasteiger partial charge >= 0.3 is 0 Å². The topological polar surface area (TPSA) is 102 Å². The van der Waals surface area contributed by atoms with Gasteiger partial charge in [-0.15, -0.1) is 0 Å². The molecule has 0 aromatic heterocycles. The maximum atomic E-state index is 10.6. The van der Waals surface area contributed by atoms with E-state index in [2.05, 4.69) is 0 Å². The molecule has 0 unspecified atom stereocenters. The number of aryl methyl sites for hydroxylation is 1. The van der Waals surface area contributed by atoms with E-state index >= 15 is 0 Å². The number of nitrogens with zero attached hydrogens (tertiary/aromatic N) is 1. The van der Waals surface area contributed by atoms with E-state index in [9.17, 15) is 10.1 Å². The van der Waals surface area contributed by atoms with E-state index in [1.807, 2.05) is 19.1 Å². The van der Waals surface area contributed by atoms with E-state index in [0.29, 0.717) is 17.9 Å². The highest BCUT2D eigenvalue weighted by Gasteiger charge is 2.06. The molecule has 2 aromatic rings. The Morgan fingerprint density at radius 2 is 1.95 bits per heavy atom. The summed E-state index contributed by atoms with van der Waals surface area (Å²) >= 11 is 0. The summed E-state index contributed by atoms with van der Waals surface area (Å²) in [5.41, 5.74) is 8.09. The van der Waals surface area contributed by atoms with Gasteiger partial charge in [-0.3, -0.25) is 15.5 Å². The Labute approximate surface area is 121 Å². The molecule has 0 heterocycles. The third-order valence-corrected chi connectivity index (χ3v) is 3.10. The summed E-state index contributed by atoms with van der Waals surface area (Å²) < 4.78 is 5.60. The van der Waals surface area contributed by atoms with Gasteiger partial charge in [-0.1, -0.05) is 12.1 Å². The second kappa shape index (κ2) is 6.04. The van der Waals surface area contributed by atoms with Crippen molar-refractivity contribution in [2.45, 2.75) is 13.5 Å². The summed E-state index contributed by atoms with van der Waals surface area (Å²) in [5.74, 6) is 0.594. The van der Waals surface area contributed by atoms with Gasteiger partial charge in [0.2, 0.25) is 0 Å². The van der Waals surface area contributed by atoms with Gasteiger partial charge in [-0.25, -0.2) is 0 Å². The van der Waals surface area contributed by atoms with Crippen LogP contribution in [0.1, 0.15) is 16.7 Å². The fraction of sp³-hybridized carbons (Fsp3) is 0.133. The molecule has 0 aliphatic heterocycles. The van der Waals surface area contributed by atoms with Gasteiger partial charge in [0.15, 0.2) is 0 Å². The van der Waals surface area contributed by atoms with Gasteiger partial charge < -0.3 is 10.5 Å². The Kier molecular flexibility index (Phi) is 4.18. The minimum atomic E-state index is -0.450. The van der Waals surface area contributed by atoms with Crippen molar-refractivity contribution in [3.8, 4) is 5.75 Å². The van der Waals surface area contributed by atoms with E-state index in [4.69, 9.17) is 15.9 Å². The molecule has 2 rings (SSSR count). The smallest absolute Gasteiger partial charge is 0.269 e. The molecule has 0 aliphatic carbocycles. The molecule has 6 heteroatoms. The molecule has 0 atom stereocenters.